The van der Waals surface area contributed by atoms with E-state index < -0.39 is 5.97 Å². The van der Waals surface area contributed by atoms with E-state index in [1.54, 1.807) is 6.08 Å². The van der Waals surface area contributed by atoms with Gasteiger partial charge in [0.25, 0.3) is 0 Å². The molecular weight excluding hydrogens is 216 g/mol. The van der Waals surface area contributed by atoms with Crippen molar-refractivity contribution >= 4 is 17.8 Å². The van der Waals surface area contributed by atoms with Crippen LogP contribution in [0.3, 0.4) is 0 Å². The number of esters is 1. The van der Waals surface area contributed by atoms with Crippen molar-refractivity contribution in [2.45, 2.75) is 6.92 Å². The van der Waals surface area contributed by atoms with E-state index >= 15 is 0 Å². The molecule has 0 N–H and O–H groups in total. The van der Waals surface area contributed by atoms with Gasteiger partial charge in [0.05, 0.1) is 7.11 Å². The van der Waals surface area contributed by atoms with E-state index in [9.17, 15) is 9.59 Å². The van der Waals surface area contributed by atoms with E-state index in [1.807, 2.05) is 36.4 Å². The molecule has 0 radical (unpaired) electrons. The Morgan fingerprint density at radius 1 is 1.18 bits per heavy atom. The highest BCUT2D eigenvalue weighted by atomic mass is 16.5. The quantitative estimate of drug-likeness (QED) is 0.262. The molecule has 3 heteroatoms. The van der Waals surface area contributed by atoms with Gasteiger partial charge in [0.1, 0.15) is 5.57 Å². The van der Waals surface area contributed by atoms with Crippen LogP contribution < -0.4 is 0 Å². The second kappa shape index (κ2) is 6.43. The Hall–Kier alpha value is -2.16. The Morgan fingerprint density at radius 3 is 2.35 bits per heavy atom. The van der Waals surface area contributed by atoms with Crippen LogP contribution in [0.4, 0.5) is 0 Å². The highest BCUT2D eigenvalue weighted by molar-refractivity contribution is 6.16. The zero-order chi connectivity index (χ0) is 12.7. The minimum Gasteiger partial charge on any atom is -0.465 e. The van der Waals surface area contributed by atoms with Crippen LogP contribution in [-0.2, 0) is 14.3 Å². The van der Waals surface area contributed by atoms with E-state index in [0.717, 1.165) is 5.56 Å². The molecule has 88 valence electrons. The van der Waals surface area contributed by atoms with Crippen LogP contribution in [0.5, 0.6) is 0 Å². The molecule has 0 aliphatic rings. The number of rotatable bonds is 4. The molecule has 0 unspecified atom stereocenters. The summed E-state index contributed by atoms with van der Waals surface area (Å²) in [5.74, 6) is -0.926. The van der Waals surface area contributed by atoms with E-state index in [4.69, 9.17) is 0 Å². The molecule has 3 nitrogen and oxygen atoms in total. The summed E-state index contributed by atoms with van der Waals surface area (Å²) >= 11 is 0. The second-order valence-corrected chi connectivity index (χ2v) is 3.40. The number of carbonyl (C=O) groups is 2. The summed E-state index contributed by atoms with van der Waals surface area (Å²) in [7, 11) is 1.25. The van der Waals surface area contributed by atoms with Crippen molar-refractivity contribution in [3.8, 4) is 0 Å². The SMILES string of the molecule is COC(=O)/C(=C\C=C\c1ccccc1)C(C)=O. The van der Waals surface area contributed by atoms with Gasteiger partial charge < -0.3 is 4.74 Å². The lowest BCUT2D eigenvalue weighted by Crippen LogP contribution is -2.11. The molecule has 0 bridgehead atoms. The number of allylic oxidation sites excluding steroid dienone is 2. The van der Waals surface area contributed by atoms with Gasteiger partial charge in [0, 0.05) is 0 Å². The van der Waals surface area contributed by atoms with Gasteiger partial charge in [-0.25, -0.2) is 4.79 Å². The molecule has 1 aromatic rings. The first-order valence-electron chi connectivity index (χ1n) is 5.18. The fourth-order valence-corrected chi connectivity index (χ4v) is 1.26. The monoisotopic (exact) mass is 230 g/mol. The third-order valence-corrected chi connectivity index (χ3v) is 2.14. The maximum atomic E-state index is 11.3. The standard InChI is InChI=1S/C14H14O3/c1-11(15)13(14(16)17-2)10-6-9-12-7-4-3-5-8-12/h3-10H,1-2H3/b9-6+,13-10-. The summed E-state index contributed by atoms with van der Waals surface area (Å²) in [4.78, 5) is 22.4. The average Bonchev–Trinajstić information content (AvgIpc) is 2.34. The molecule has 0 aliphatic carbocycles. The van der Waals surface area contributed by atoms with E-state index in [-0.39, 0.29) is 11.4 Å². The van der Waals surface area contributed by atoms with E-state index in [1.165, 1.54) is 20.1 Å². The van der Waals surface area contributed by atoms with Crippen LogP contribution in [0, 0.1) is 0 Å². The van der Waals surface area contributed by atoms with Gasteiger partial charge in [-0.3, -0.25) is 4.79 Å². The maximum absolute atomic E-state index is 11.3. The Labute approximate surface area is 100 Å². The average molecular weight is 230 g/mol. The Balaban J connectivity index is 2.84. The topological polar surface area (TPSA) is 43.4 Å². The van der Waals surface area contributed by atoms with Crippen molar-refractivity contribution in [1.82, 2.24) is 0 Å². The van der Waals surface area contributed by atoms with Crippen molar-refractivity contribution in [1.29, 1.82) is 0 Å². The number of hydrogen-bond acceptors (Lipinski definition) is 3. The van der Waals surface area contributed by atoms with Gasteiger partial charge in [-0.2, -0.15) is 0 Å². The third kappa shape index (κ3) is 4.07. The molecular formula is C14H14O3. The number of hydrogen-bond donors (Lipinski definition) is 0. The fourth-order valence-electron chi connectivity index (χ4n) is 1.26. The summed E-state index contributed by atoms with van der Waals surface area (Å²) in [6.45, 7) is 1.33. The highest BCUT2D eigenvalue weighted by Crippen LogP contribution is 2.04. The Bertz CT molecular complexity index is 456. The summed E-state index contributed by atoms with van der Waals surface area (Å²) in [5.41, 5.74) is 1.04. The third-order valence-electron chi connectivity index (χ3n) is 2.14. The number of ether oxygens (including phenoxy) is 1. The molecule has 0 fully saturated rings. The number of carbonyl (C=O) groups excluding carboxylic acids is 2. The summed E-state index contributed by atoms with van der Waals surface area (Å²) in [6, 6.07) is 9.60. The van der Waals surface area contributed by atoms with Gasteiger partial charge >= 0.3 is 5.97 Å². The summed E-state index contributed by atoms with van der Waals surface area (Å²) < 4.78 is 4.51. The molecule has 0 heterocycles. The normalized spacial score (nSPS) is 11.5. The van der Waals surface area contributed by atoms with Crippen LogP contribution in [0.25, 0.3) is 6.08 Å². The number of ketones is 1. The lowest BCUT2D eigenvalue weighted by atomic mass is 10.1. The summed E-state index contributed by atoms with van der Waals surface area (Å²) in [6.07, 6.45) is 4.93. The van der Waals surface area contributed by atoms with Gasteiger partial charge in [0.2, 0.25) is 0 Å². The van der Waals surface area contributed by atoms with E-state index in [2.05, 4.69) is 4.74 Å². The van der Waals surface area contributed by atoms with Crippen LogP contribution in [0.15, 0.2) is 48.1 Å². The molecule has 0 aromatic heterocycles. The minimum absolute atomic E-state index is 0.0414. The first-order chi connectivity index (χ1) is 8.15. The molecule has 0 saturated carbocycles. The summed E-state index contributed by atoms with van der Waals surface area (Å²) in [5, 5.41) is 0. The first-order valence-corrected chi connectivity index (χ1v) is 5.18. The Morgan fingerprint density at radius 2 is 1.82 bits per heavy atom. The molecule has 0 spiro atoms. The largest absolute Gasteiger partial charge is 0.465 e. The smallest absolute Gasteiger partial charge is 0.341 e. The minimum atomic E-state index is -0.616. The number of benzene rings is 1. The lowest BCUT2D eigenvalue weighted by Gasteiger charge is -1.98. The van der Waals surface area contributed by atoms with Gasteiger partial charge in [0.15, 0.2) is 5.78 Å². The van der Waals surface area contributed by atoms with Crippen molar-refractivity contribution in [2.75, 3.05) is 7.11 Å². The van der Waals surface area contributed by atoms with Gasteiger partial charge in [-0.05, 0) is 18.6 Å². The molecule has 0 atom stereocenters. The molecule has 0 amide bonds. The molecule has 0 saturated heterocycles. The highest BCUT2D eigenvalue weighted by Gasteiger charge is 2.12. The molecule has 1 rings (SSSR count). The predicted octanol–water partition coefficient (Wildman–Crippen LogP) is 2.39. The van der Waals surface area contributed by atoms with Crippen molar-refractivity contribution in [2.24, 2.45) is 0 Å². The van der Waals surface area contributed by atoms with Crippen LogP contribution in [-0.4, -0.2) is 18.9 Å². The maximum Gasteiger partial charge on any atom is 0.341 e. The Kier molecular flexibility index (Phi) is 4.88. The zero-order valence-corrected chi connectivity index (χ0v) is 9.84. The van der Waals surface area contributed by atoms with Crippen molar-refractivity contribution in [3.05, 3.63) is 53.6 Å². The van der Waals surface area contributed by atoms with Crippen molar-refractivity contribution in [3.63, 3.8) is 0 Å². The number of methoxy groups -OCH3 is 1. The van der Waals surface area contributed by atoms with Crippen LogP contribution in [0.2, 0.25) is 0 Å². The molecule has 17 heavy (non-hydrogen) atoms. The van der Waals surface area contributed by atoms with Crippen LogP contribution in [0.1, 0.15) is 12.5 Å². The molecule has 0 aliphatic heterocycles. The van der Waals surface area contributed by atoms with E-state index in [0.29, 0.717) is 0 Å². The fraction of sp³-hybridized carbons (Fsp3) is 0.143. The second-order valence-electron chi connectivity index (χ2n) is 3.40. The first kappa shape index (κ1) is 12.9. The van der Waals surface area contributed by atoms with Crippen LogP contribution >= 0.6 is 0 Å². The zero-order valence-electron chi connectivity index (χ0n) is 9.84. The lowest BCUT2D eigenvalue weighted by molar-refractivity contribution is -0.137. The predicted molar refractivity (Wildman–Crippen MR) is 66.3 cm³/mol. The van der Waals surface area contributed by atoms with Gasteiger partial charge in [-0.15, -0.1) is 0 Å². The van der Waals surface area contributed by atoms with Gasteiger partial charge in [-0.1, -0.05) is 42.5 Å². The molecule has 1 aromatic carbocycles. The number of Topliss-reactive ketones (excluding diaryl/α,β-unsaturated/α-hetero) is 1. The van der Waals surface area contributed by atoms with Crippen molar-refractivity contribution < 1.29 is 14.3 Å².